The zero-order valence-corrected chi connectivity index (χ0v) is 16.5. The van der Waals surface area contributed by atoms with E-state index in [0.717, 1.165) is 32.1 Å². The summed E-state index contributed by atoms with van der Waals surface area (Å²) >= 11 is 0. The molecule has 8 heteroatoms. The van der Waals surface area contributed by atoms with E-state index in [2.05, 4.69) is 5.32 Å². The molecule has 2 atom stereocenters. The number of hydrogen-bond donors (Lipinski definition) is 1. The molecule has 3 fully saturated rings. The summed E-state index contributed by atoms with van der Waals surface area (Å²) < 4.78 is 5.22. The largest absolute Gasteiger partial charge is 0.452 e. The molecule has 1 heterocycles. The number of anilines is 1. The van der Waals surface area contributed by atoms with E-state index in [9.17, 15) is 19.7 Å². The van der Waals surface area contributed by atoms with E-state index >= 15 is 0 Å². The summed E-state index contributed by atoms with van der Waals surface area (Å²) in [5.74, 6) is -0.320. The van der Waals surface area contributed by atoms with Crippen LogP contribution in [0.4, 0.5) is 11.4 Å². The molecule has 0 radical (unpaired) electrons. The minimum atomic E-state index is -0.711. The number of fused-ring (bicyclic) bond motifs is 1. The van der Waals surface area contributed by atoms with Gasteiger partial charge in [-0.3, -0.25) is 14.9 Å². The fourth-order valence-corrected chi connectivity index (χ4v) is 4.61. The van der Waals surface area contributed by atoms with E-state index in [0.29, 0.717) is 18.2 Å². The number of nitro benzene ring substituents is 1. The van der Waals surface area contributed by atoms with Crippen LogP contribution < -0.4 is 5.32 Å². The van der Waals surface area contributed by atoms with E-state index in [4.69, 9.17) is 4.74 Å². The molecule has 1 amide bonds. The third-order valence-electron chi connectivity index (χ3n) is 6.26. The van der Waals surface area contributed by atoms with Gasteiger partial charge in [-0.15, -0.1) is 0 Å². The first kappa shape index (κ1) is 19.7. The molecule has 8 nitrogen and oxygen atoms in total. The molecule has 0 spiro atoms. The van der Waals surface area contributed by atoms with Crippen LogP contribution in [-0.2, 0) is 9.53 Å². The summed E-state index contributed by atoms with van der Waals surface area (Å²) in [5.41, 5.74) is 0.334. The van der Waals surface area contributed by atoms with Gasteiger partial charge in [0.1, 0.15) is 5.69 Å². The summed E-state index contributed by atoms with van der Waals surface area (Å²) in [4.78, 5) is 37.8. The average Bonchev–Trinajstić information content (AvgIpc) is 3.55. The van der Waals surface area contributed by atoms with Crippen molar-refractivity contribution < 1.29 is 19.2 Å². The highest BCUT2D eigenvalue weighted by molar-refractivity contribution is 5.93. The van der Waals surface area contributed by atoms with E-state index < -0.39 is 10.9 Å². The number of benzene rings is 1. The molecule has 0 unspecified atom stereocenters. The molecule has 1 aromatic carbocycles. The van der Waals surface area contributed by atoms with Crippen molar-refractivity contribution in [3.63, 3.8) is 0 Å². The molecular weight excluding hydrogens is 374 g/mol. The van der Waals surface area contributed by atoms with Crippen LogP contribution in [0.3, 0.4) is 0 Å². The summed E-state index contributed by atoms with van der Waals surface area (Å²) in [6.45, 7) is 0.391. The Kier molecular flexibility index (Phi) is 5.69. The number of nitrogens with one attached hydrogen (secondary N) is 1. The number of piperidine rings is 1. The second-order valence-corrected chi connectivity index (χ2v) is 8.33. The lowest BCUT2D eigenvalue weighted by atomic mass is 9.78. The summed E-state index contributed by atoms with van der Waals surface area (Å²) in [6.07, 6.45) is 8.67. The number of nitrogens with zero attached hydrogens (tertiary/aromatic N) is 2. The molecule has 0 bridgehead atoms. The zero-order chi connectivity index (χ0) is 20.4. The van der Waals surface area contributed by atoms with Crippen molar-refractivity contribution in [3.05, 3.63) is 33.9 Å². The van der Waals surface area contributed by atoms with Crippen molar-refractivity contribution in [1.29, 1.82) is 0 Å². The molecule has 1 N–H and O–H groups in total. The van der Waals surface area contributed by atoms with Crippen molar-refractivity contribution in [3.8, 4) is 0 Å². The third kappa shape index (κ3) is 4.52. The van der Waals surface area contributed by atoms with Gasteiger partial charge >= 0.3 is 5.97 Å². The van der Waals surface area contributed by atoms with Gasteiger partial charge in [0.15, 0.2) is 6.61 Å². The fourth-order valence-electron chi connectivity index (χ4n) is 4.61. The van der Waals surface area contributed by atoms with Crippen molar-refractivity contribution >= 4 is 23.3 Å². The highest BCUT2D eigenvalue weighted by Crippen LogP contribution is 2.35. The smallest absolute Gasteiger partial charge is 0.338 e. The number of ether oxygens (including phenoxy) is 1. The number of likely N-dealkylation sites (tertiary alicyclic amines) is 1. The van der Waals surface area contributed by atoms with E-state index in [-0.39, 0.29) is 35.8 Å². The van der Waals surface area contributed by atoms with Gasteiger partial charge in [-0.1, -0.05) is 12.8 Å². The molecule has 2 aliphatic carbocycles. The standard InChI is InChI=1S/C21H27N3O5/c25-20(23-11-3-5-14-4-1-2-6-18(14)23)13-29-21(26)15-7-10-17(22-16-8-9-16)19(12-15)24(27)28/h7,10,12,14,16,18,22H,1-6,8-9,11,13H2/t14-,18-/m1/s1. The van der Waals surface area contributed by atoms with Gasteiger partial charge in [0.2, 0.25) is 0 Å². The van der Waals surface area contributed by atoms with Crippen LogP contribution in [0.1, 0.15) is 61.7 Å². The summed E-state index contributed by atoms with van der Waals surface area (Å²) in [5, 5.41) is 14.5. The molecular formula is C21H27N3O5. The monoisotopic (exact) mass is 401 g/mol. The van der Waals surface area contributed by atoms with Crippen LogP contribution in [0.2, 0.25) is 0 Å². The van der Waals surface area contributed by atoms with Crippen LogP contribution in [0.15, 0.2) is 18.2 Å². The van der Waals surface area contributed by atoms with Crippen LogP contribution in [0.5, 0.6) is 0 Å². The molecule has 3 aliphatic rings. The summed E-state index contributed by atoms with van der Waals surface area (Å²) in [6, 6.07) is 4.78. The predicted molar refractivity (Wildman–Crippen MR) is 107 cm³/mol. The quantitative estimate of drug-likeness (QED) is 0.445. The summed E-state index contributed by atoms with van der Waals surface area (Å²) in [7, 11) is 0. The van der Waals surface area contributed by atoms with Gasteiger partial charge < -0.3 is 15.0 Å². The third-order valence-corrected chi connectivity index (χ3v) is 6.26. The van der Waals surface area contributed by atoms with Gasteiger partial charge in [-0.05, 0) is 56.6 Å². The van der Waals surface area contributed by atoms with Crippen LogP contribution in [0, 0.1) is 16.0 Å². The van der Waals surface area contributed by atoms with Gasteiger partial charge in [-0.2, -0.15) is 0 Å². The number of amides is 1. The van der Waals surface area contributed by atoms with Gasteiger partial charge in [0.05, 0.1) is 10.5 Å². The predicted octanol–water partition coefficient (Wildman–Crippen LogP) is 3.51. The highest BCUT2D eigenvalue weighted by atomic mass is 16.6. The first-order chi connectivity index (χ1) is 14.0. The molecule has 156 valence electrons. The molecule has 2 saturated carbocycles. The Balaban J connectivity index is 1.38. The Bertz CT molecular complexity index is 806. The number of carbonyl (C=O) groups excluding carboxylic acids is 2. The van der Waals surface area contributed by atoms with E-state index in [1.807, 2.05) is 4.90 Å². The van der Waals surface area contributed by atoms with Gasteiger partial charge in [0, 0.05) is 24.7 Å². The zero-order valence-electron chi connectivity index (χ0n) is 16.5. The van der Waals surface area contributed by atoms with Gasteiger partial charge in [0.25, 0.3) is 11.6 Å². The molecule has 4 rings (SSSR count). The number of nitro groups is 1. The van der Waals surface area contributed by atoms with Crippen molar-refractivity contribution in [2.45, 2.75) is 63.5 Å². The second kappa shape index (κ2) is 8.39. The fraction of sp³-hybridized carbons (Fsp3) is 0.619. The molecule has 29 heavy (non-hydrogen) atoms. The number of esters is 1. The van der Waals surface area contributed by atoms with Crippen molar-refractivity contribution in [2.24, 2.45) is 5.92 Å². The van der Waals surface area contributed by atoms with E-state index in [1.54, 1.807) is 0 Å². The molecule has 0 aromatic heterocycles. The Labute approximate surface area is 169 Å². The highest BCUT2D eigenvalue weighted by Gasteiger charge is 2.36. The van der Waals surface area contributed by atoms with Crippen molar-refractivity contribution in [1.82, 2.24) is 4.90 Å². The average molecular weight is 401 g/mol. The molecule has 1 saturated heterocycles. The second-order valence-electron chi connectivity index (χ2n) is 8.33. The van der Waals surface area contributed by atoms with Crippen LogP contribution in [-0.4, -0.2) is 46.9 Å². The Morgan fingerprint density at radius 1 is 1.14 bits per heavy atom. The van der Waals surface area contributed by atoms with Crippen LogP contribution >= 0.6 is 0 Å². The number of rotatable bonds is 6. The lowest BCUT2D eigenvalue weighted by molar-refractivity contribution is -0.384. The topological polar surface area (TPSA) is 102 Å². The lowest BCUT2D eigenvalue weighted by Crippen LogP contribution is -2.50. The first-order valence-corrected chi connectivity index (χ1v) is 10.5. The van der Waals surface area contributed by atoms with E-state index in [1.165, 1.54) is 37.5 Å². The Hall–Kier alpha value is -2.64. The lowest BCUT2D eigenvalue weighted by Gasteiger charge is -2.44. The number of carbonyl (C=O) groups is 2. The van der Waals surface area contributed by atoms with Crippen LogP contribution in [0.25, 0.3) is 0 Å². The SMILES string of the molecule is O=C(OCC(=O)N1CCC[C@H]2CCCC[C@H]21)c1ccc(NC2CC2)c([N+](=O)[O-])c1. The maximum absolute atomic E-state index is 12.7. The first-order valence-electron chi connectivity index (χ1n) is 10.5. The maximum Gasteiger partial charge on any atom is 0.338 e. The molecule has 1 aliphatic heterocycles. The minimum absolute atomic E-state index is 0.0834. The Morgan fingerprint density at radius 3 is 2.66 bits per heavy atom. The van der Waals surface area contributed by atoms with Gasteiger partial charge in [-0.25, -0.2) is 4.79 Å². The molecule has 1 aromatic rings. The minimum Gasteiger partial charge on any atom is -0.452 e. The van der Waals surface area contributed by atoms with Crippen molar-refractivity contribution in [2.75, 3.05) is 18.5 Å². The Morgan fingerprint density at radius 2 is 1.90 bits per heavy atom. The maximum atomic E-state index is 12.7. The normalized spacial score (nSPS) is 23.8. The number of hydrogen-bond acceptors (Lipinski definition) is 6.